The second-order valence-corrected chi connectivity index (χ2v) is 21.0. The molecule has 3 atom stereocenters. The van der Waals surface area contributed by atoms with E-state index in [1.165, 1.54) is 0 Å². The first kappa shape index (κ1) is 28.2. The SMILES string of the molecule is C[C@@H]1OCC2(CCN(c3cnc4c(Br)cn(COCC[Si](C)(C)C)c4n3)CC2)[C@@H]1N[S@](=O)C(C)(C)C. The predicted molar refractivity (Wildman–Crippen MR) is 153 cm³/mol. The lowest BCUT2D eigenvalue weighted by atomic mass is 9.73. The van der Waals surface area contributed by atoms with Crippen LogP contribution in [0.2, 0.25) is 25.7 Å². The molecule has 2 saturated heterocycles. The van der Waals surface area contributed by atoms with E-state index in [-0.39, 0.29) is 22.3 Å². The molecular weight excluding hydrogens is 558 g/mol. The molecule has 0 aromatic carbocycles. The molecule has 0 aliphatic carbocycles. The average molecular weight is 601 g/mol. The van der Waals surface area contributed by atoms with E-state index in [9.17, 15) is 4.21 Å². The quantitative estimate of drug-likeness (QED) is 0.342. The summed E-state index contributed by atoms with van der Waals surface area (Å²) in [5.74, 6) is 0.890. The van der Waals surface area contributed by atoms with Crippen LogP contribution in [0.1, 0.15) is 40.5 Å². The lowest BCUT2D eigenvalue weighted by molar-refractivity contribution is 0.0898. The molecule has 2 aromatic heterocycles. The molecule has 11 heteroatoms. The molecule has 0 saturated carbocycles. The maximum absolute atomic E-state index is 12.9. The zero-order valence-corrected chi connectivity index (χ0v) is 26.2. The van der Waals surface area contributed by atoms with Gasteiger partial charge in [-0.25, -0.2) is 18.9 Å². The Morgan fingerprint density at radius 2 is 2.00 bits per heavy atom. The summed E-state index contributed by atoms with van der Waals surface area (Å²) in [6, 6.07) is 1.22. The van der Waals surface area contributed by atoms with E-state index >= 15 is 0 Å². The number of anilines is 1. The van der Waals surface area contributed by atoms with Crippen molar-refractivity contribution in [3.05, 3.63) is 16.9 Å². The highest BCUT2D eigenvalue weighted by Crippen LogP contribution is 2.43. The molecule has 1 spiro atoms. The minimum absolute atomic E-state index is 0.0121. The Labute approximate surface area is 227 Å². The molecule has 0 amide bonds. The maximum Gasteiger partial charge on any atom is 0.164 e. The molecule has 2 aliphatic heterocycles. The first-order valence-electron chi connectivity index (χ1n) is 12.9. The summed E-state index contributed by atoms with van der Waals surface area (Å²) >= 11 is 3.63. The van der Waals surface area contributed by atoms with Crippen LogP contribution < -0.4 is 9.62 Å². The maximum atomic E-state index is 12.9. The minimum atomic E-state index is -1.13. The van der Waals surface area contributed by atoms with E-state index in [1.807, 2.05) is 37.7 Å². The number of aromatic nitrogens is 3. The van der Waals surface area contributed by atoms with Crippen LogP contribution in [0, 0.1) is 5.41 Å². The number of hydrogen-bond acceptors (Lipinski definition) is 6. The van der Waals surface area contributed by atoms with Crippen molar-refractivity contribution < 1.29 is 13.7 Å². The van der Waals surface area contributed by atoms with Gasteiger partial charge >= 0.3 is 0 Å². The van der Waals surface area contributed by atoms with Gasteiger partial charge in [0.25, 0.3) is 0 Å². The topological polar surface area (TPSA) is 81.5 Å². The Hall–Kier alpha value is -0.853. The Kier molecular flexibility index (Phi) is 8.39. The Bertz CT molecular complexity index is 1090. The molecule has 8 nitrogen and oxygen atoms in total. The van der Waals surface area contributed by atoms with Gasteiger partial charge in [0.05, 0.1) is 45.2 Å². The largest absolute Gasteiger partial charge is 0.376 e. The fourth-order valence-electron chi connectivity index (χ4n) is 4.92. The third-order valence-electron chi connectivity index (χ3n) is 7.37. The van der Waals surface area contributed by atoms with Crippen molar-refractivity contribution in [2.24, 2.45) is 5.41 Å². The minimum Gasteiger partial charge on any atom is -0.376 e. The van der Waals surface area contributed by atoms with Gasteiger partial charge in [-0.1, -0.05) is 19.6 Å². The highest BCUT2D eigenvalue weighted by Gasteiger charge is 2.50. The summed E-state index contributed by atoms with van der Waals surface area (Å²) < 4.78 is 31.1. The summed E-state index contributed by atoms with van der Waals surface area (Å²) in [5, 5.41) is 0. The van der Waals surface area contributed by atoms with E-state index in [1.54, 1.807) is 0 Å². The second-order valence-electron chi connectivity index (χ2n) is 12.5. The number of piperidine rings is 1. The molecule has 0 bridgehead atoms. The fraction of sp³-hybridized carbons (Fsp3) is 0.760. The first-order chi connectivity index (χ1) is 16.8. The van der Waals surface area contributed by atoms with Crippen LogP contribution in [0.3, 0.4) is 0 Å². The molecule has 4 rings (SSSR count). The van der Waals surface area contributed by atoms with Gasteiger partial charge < -0.3 is 18.9 Å². The molecule has 0 unspecified atom stereocenters. The zero-order chi connectivity index (χ0) is 26.3. The molecule has 4 heterocycles. The normalized spacial score (nSPS) is 23.6. The van der Waals surface area contributed by atoms with Crippen LogP contribution in [-0.4, -0.2) is 70.0 Å². The number of rotatable bonds is 8. The number of hydrogen-bond donors (Lipinski definition) is 1. The zero-order valence-electron chi connectivity index (χ0n) is 22.8. The number of halogens is 1. The lowest BCUT2D eigenvalue weighted by Gasteiger charge is -2.43. The van der Waals surface area contributed by atoms with Gasteiger partial charge in [0.15, 0.2) is 5.65 Å². The van der Waals surface area contributed by atoms with Crippen LogP contribution in [0.5, 0.6) is 0 Å². The fourth-order valence-corrected chi connectivity index (χ4v) is 7.23. The van der Waals surface area contributed by atoms with E-state index in [2.05, 4.69) is 52.1 Å². The summed E-state index contributed by atoms with van der Waals surface area (Å²) in [4.78, 5) is 12.1. The highest BCUT2D eigenvalue weighted by molar-refractivity contribution is 9.10. The number of ether oxygens (including phenoxy) is 2. The van der Waals surface area contributed by atoms with Crippen molar-refractivity contribution in [1.82, 2.24) is 19.3 Å². The average Bonchev–Trinajstić information content (AvgIpc) is 3.27. The molecule has 36 heavy (non-hydrogen) atoms. The standard InChI is InChI=1S/C25H42BrN5O3SSi/c1-18-22(29-35(32)24(2,3)4)25(16-34-18)8-10-30(11-9-25)20-14-27-21-19(26)15-31(23(21)28-20)17-33-12-13-36(5,6)7/h14-15,18,22,29H,8-13,16-17H2,1-7H3/t18-,22+,35+/m0/s1. The van der Waals surface area contributed by atoms with Crippen molar-refractivity contribution in [2.75, 3.05) is 31.2 Å². The van der Waals surface area contributed by atoms with E-state index in [4.69, 9.17) is 19.4 Å². The van der Waals surface area contributed by atoms with Crippen LogP contribution in [0.15, 0.2) is 16.9 Å². The van der Waals surface area contributed by atoms with Gasteiger partial charge in [-0.3, -0.25) is 0 Å². The second kappa shape index (κ2) is 10.7. The van der Waals surface area contributed by atoms with Gasteiger partial charge in [0, 0.05) is 39.4 Å². The third-order valence-corrected chi connectivity index (χ3v) is 11.2. The monoisotopic (exact) mass is 599 g/mol. The van der Waals surface area contributed by atoms with E-state index < -0.39 is 19.1 Å². The molecule has 202 valence electrons. The van der Waals surface area contributed by atoms with Crippen molar-refractivity contribution >= 4 is 52.0 Å². The van der Waals surface area contributed by atoms with Crippen LogP contribution >= 0.6 is 15.9 Å². The van der Waals surface area contributed by atoms with Crippen LogP contribution in [0.4, 0.5) is 5.82 Å². The van der Waals surface area contributed by atoms with Crippen LogP contribution in [0.25, 0.3) is 11.2 Å². The molecular formula is C25H42BrN5O3SSi. The number of nitrogens with one attached hydrogen (secondary N) is 1. The molecule has 2 aromatic rings. The smallest absolute Gasteiger partial charge is 0.164 e. The van der Waals surface area contributed by atoms with Gasteiger partial charge in [-0.05, 0) is 62.5 Å². The summed E-state index contributed by atoms with van der Waals surface area (Å²) in [6.45, 7) is 18.9. The lowest BCUT2D eigenvalue weighted by Crippen LogP contribution is -2.55. The first-order valence-corrected chi connectivity index (χ1v) is 18.6. The van der Waals surface area contributed by atoms with Crippen molar-refractivity contribution in [3.8, 4) is 0 Å². The number of nitrogens with zero attached hydrogens (tertiary/aromatic N) is 4. The molecule has 0 radical (unpaired) electrons. The van der Waals surface area contributed by atoms with Crippen LogP contribution in [-0.2, 0) is 27.2 Å². The van der Waals surface area contributed by atoms with Crippen molar-refractivity contribution in [2.45, 2.75) is 89.8 Å². The van der Waals surface area contributed by atoms with Gasteiger partial charge in [-0.15, -0.1) is 0 Å². The van der Waals surface area contributed by atoms with E-state index in [0.29, 0.717) is 13.3 Å². The molecule has 2 fully saturated rings. The molecule has 1 N–H and O–H groups in total. The number of fused-ring (bicyclic) bond motifs is 1. The third kappa shape index (κ3) is 6.23. The summed E-state index contributed by atoms with van der Waals surface area (Å²) in [6.07, 6.45) is 5.85. The Morgan fingerprint density at radius 3 is 2.64 bits per heavy atom. The Morgan fingerprint density at radius 1 is 1.31 bits per heavy atom. The Balaban J connectivity index is 1.45. The van der Waals surface area contributed by atoms with Crippen molar-refractivity contribution in [1.29, 1.82) is 0 Å². The van der Waals surface area contributed by atoms with Gasteiger partial charge in [-0.2, -0.15) is 0 Å². The predicted octanol–water partition coefficient (Wildman–Crippen LogP) is 4.93. The summed E-state index contributed by atoms with van der Waals surface area (Å²) in [5.41, 5.74) is 1.68. The van der Waals surface area contributed by atoms with Crippen molar-refractivity contribution in [3.63, 3.8) is 0 Å². The summed E-state index contributed by atoms with van der Waals surface area (Å²) in [7, 11) is -2.25. The highest BCUT2D eigenvalue weighted by atomic mass is 79.9. The van der Waals surface area contributed by atoms with Gasteiger partial charge in [0.1, 0.15) is 18.1 Å². The van der Waals surface area contributed by atoms with Gasteiger partial charge in [0.2, 0.25) is 0 Å². The van der Waals surface area contributed by atoms with E-state index in [0.717, 1.165) is 60.0 Å². The molecule has 2 aliphatic rings.